The summed E-state index contributed by atoms with van der Waals surface area (Å²) >= 11 is 0. The van der Waals surface area contributed by atoms with Crippen LogP contribution in [0.15, 0.2) is 47.4 Å². The molecule has 2 heterocycles. The number of rotatable bonds is 12. The van der Waals surface area contributed by atoms with Crippen LogP contribution in [0.1, 0.15) is 55.5 Å². The summed E-state index contributed by atoms with van der Waals surface area (Å²) in [6.45, 7) is 5.07. The van der Waals surface area contributed by atoms with Gasteiger partial charge in [0.25, 0.3) is 0 Å². The van der Waals surface area contributed by atoms with Gasteiger partial charge in [-0.2, -0.15) is 4.31 Å². The molecule has 2 unspecified atom stereocenters. The standard InChI is InChI=1S/C30H38F2N4O5S/c1-3-4-10-35-18-23(15-29(35)38)30(39)34-26(14-21-12-24(31)16-25(32)13-21)17-27-19-36(11-9-33-27)42(40,41)28-7-5-22(6-8-28)20(2)37/h5-8,12-13,16,23,26-27,33H,3-4,9-11,14-15,17-19H2,1-2H3,(H,34,39)/t23?,26?,27-/m0/s1. The third-order valence-corrected chi connectivity index (χ3v) is 9.68. The van der Waals surface area contributed by atoms with E-state index in [2.05, 4.69) is 10.6 Å². The molecule has 0 bridgehead atoms. The minimum atomic E-state index is -3.85. The lowest BCUT2D eigenvalue weighted by molar-refractivity contribution is -0.129. The third-order valence-electron chi connectivity index (χ3n) is 7.80. The van der Waals surface area contributed by atoms with Gasteiger partial charge >= 0.3 is 0 Å². The number of Topliss-reactive ketones (excluding diaryl/α,β-unsaturated/α-hetero) is 1. The first kappa shape index (κ1) is 31.7. The maximum atomic E-state index is 14.0. The van der Waals surface area contributed by atoms with Crippen LogP contribution >= 0.6 is 0 Å². The van der Waals surface area contributed by atoms with Crippen LogP contribution in [0.4, 0.5) is 8.78 Å². The zero-order valence-corrected chi connectivity index (χ0v) is 24.8. The van der Waals surface area contributed by atoms with Crippen LogP contribution in [-0.2, 0) is 26.0 Å². The summed E-state index contributed by atoms with van der Waals surface area (Å²) in [4.78, 5) is 39.1. The molecule has 2 N–H and O–H groups in total. The number of carbonyl (C=O) groups is 3. The highest BCUT2D eigenvalue weighted by Crippen LogP contribution is 2.22. The van der Waals surface area contributed by atoms with E-state index in [1.165, 1.54) is 47.6 Å². The van der Waals surface area contributed by atoms with Crippen molar-refractivity contribution in [2.75, 3.05) is 32.7 Å². The van der Waals surface area contributed by atoms with Crippen LogP contribution in [0.25, 0.3) is 0 Å². The van der Waals surface area contributed by atoms with Crippen molar-refractivity contribution in [1.29, 1.82) is 0 Å². The van der Waals surface area contributed by atoms with Crippen molar-refractivity contribution >= 4 is 27.6 Å². The van der Waals surface area contributed by atoms with Crippen molar-refractivity contribution in [1.82, 2.24) is 19.8 Å². The van der Waals surface area contributed by atoms with Crippen LogP contribution in [0.3, 0.4) is 0 Å². The number of likely N-dealkylation sites (tertiary alicyclic amines) is 1. The minimum Gasteiger partial charge on any atom is -0.353 e. The number of sulfonamides is 1. The molecule has 42 heavy (non-hydrogen) atoms. The maximum absolute atomic E-state index is 14.0. The molecule has 4 rings (SSSR count). The van der Waals surface area contributed by atoms with E-state index in [0.717, 1.165) is 18.9 Å². The zero-order chi connectivity index (χ0) is 30.4. The lowest BCUT2D eigenvalue weighted by Gasteiger charge is -2.35. The molecular weight excluding hydrogens is 566 g/mol. The van der Waals surface area contributed by atoms with Crippen LogP contribution in [-0.4, -0.2) is 80.0 Å². The molecule has 0 aliphatic carbocycles. The first-order chi connectivity index (χ1) is 20.0. The molecule has 12 heteroatoms. The molecule has 2 aliphatic rings. The Kier molecular flexibility index (Phi) is 10.4. The predicted octanol–water partition coefficient (Wildman–Crippen LogP) is 2.90. The van der Waals surface area contributed by atoms with Gasteiger partial charge in [0.1, 0.15) is 11.6 Å². The van der Waals surface area contributed by atoms with Gasteiger partial charge in [-0.25, -0.2) is 17.2 Å². The van der Waals surface area contributed by atoms with Crippen LogP contribution in [0.2, 0.25) is 0 Å². The highest BCUT2D eigenvalue weighted by atomic mass is 32.2. The fraction of sp³-hybridized carbons (Fsp3) is 0.500. The Morgan fingerprint density at radius 2 is 1.79 bits per heavy atom. The van der Waals surface area contributed by atoms with Gasteiger partial charge in [0.15, 0.2) is 5.78 Å². The van der Waals surface area contributed by atoms with Gasteiger partial charge in [-0.15, -0.1) is 0 Å². The number of nitrogens with zero attached hydrogens (tertiary/aromatic N) is 2. The average Bonchev–Trinajstić information content (AvgIpc) is 3.31. The van der Waals surface area contributed by atoms with Gasteiger partial charge in [-0.05, 0) is 56.0 Å². The van der Waals surface area contributed by atoms with E-state index in [9.17, 15) is 31.6 Å². The molecule has 2 fully saturated rings. The van der Waals surface area contributed by atoms with Gasteiger partial charge in [0, 0.05) is 62.9 Å². The second-order valence-corrected chi connectivity index (χ2v) is 13.0. The van der Waals surface area contributed by atoms with E-state index in [1.807, 2.05) is 6.92 Å². The number of nitrogens with one attached hydrogen (secondary N) is 2. The molecule has 0 spiro atoms. The van der Waals surface area contributed by atoms with Crippen LogP contribution < -0.4 is 10.6 Å². The van der Waals surface area contributed by atoms with E-state index in [1.54, 1.807) is 4.90 Å². The Bertz CT molecular complexity index is 1380. The molecule has 2 amide bonds. The van der Waals surface area contributed by atoms with E-state index < -0.39 is 33.6 Å². The lowest BCUT2D eigenvalue weighted by Crippen LogP contribution is -2.55. The Balaban J connectivity index is 1.48. The van der Waals surface area contributed by atoms with E-state index in [0.29, 0.717) is 37.2 Å². The van der Waals surface area contributed by atoms with Crippen molar-refractivity contribution in [2.45, 2.75) is 62.9 Å². The predicted molar refractivity (Wildman–Crippen MR) is 153 cm³/mol. The Labute approximate surface area is 245 Å². The quantitative estimate of drug-likeness (QED) is 0.360. The minimum absolute atomic E-state index is 0.0708. The smallest absolute Gasteiger partial charge is 0.243 e. The molecule has 2 saturated heterocycles. The molecule has 2 aromatic rings. The SMILES string of the molecule is CCCCN1CC(C(=O)NC(Cc2cc(F)cc(F)c2)C[C@H]2CN(S(=O)(=O)c3ccc(C(C)=O)cc3)CCN2)CC1=O. The van der Waals surface area contributed by atoms with Gasteiger partial charge in [-0.1, -0.05) is 25.5 Å². The molecule has 228 valence electrons. The second kappa shape index (κ2) is 13.8. The molecule has 0 aromatic heterocycles. The largest absolute Gasteiger partial charge is 0.353 e. The summed E-state index contributed by atoms with van der Waals surface area (Å²) in [5.74, 6) is -2.54. The molecule has 2 aliphatic heterocycles. The topological polar surface area (TPSA) is 116 Å². The fourth-order valence-electron chi connectivity index (χ4n) is 5.56. The highest BCUT2D eigenvalue weighted by Gasteiger charge is 2.36. The van der Waals surface area contributed by atoms with Crippen molar-refractivity contribution in [3.8, 4) is 0 Å². The first-order valence-corrected chi connectivity index (χ1v) is 15.8. The maximum Gasteiger partial charge on any atom is 0.243 e. The number of halogens is 2. The summed E-state index contributed by atoms with van der Waals surface area (Å²) in [7, 11) is -3.85. The number of amides is 2. The number of hydrogen-bond acceptors (Lipinski definition) is 6. The van der Waals surface area contributed by atoms with Gasteiger partial charge in [-0.3, -0.25) is 14.4 Å². The lowest BCUT2D eigenvalue weighted by atomic mass is 9.97. The summed E-state index contributed by atoms with van der Waals surface area (Å²) < 4.78 is 56.1. The highest BCUT2D eigenvalue weighted by molar-refractivity contribution is 7.89. The fourth-order valence-corrected chi connectivity index (χ4v) is 7.05. The molecule has 9 nitrogen and oxygen atoms in total. The van der Waals surface area contributed by atoms with Crippen molar-refractivity contribution < 1.29 is 31.6 Å². The molecular formula is C30H38F2N4O5S. The first-order valence-electron chi connectivity index (χ1n) is 14.3. The number of piperazine rings is 1. The van der Waals surface area contributed by atoms with Crippen LogP contribution in [0.5, 0.6) is 0 Å². The van der Waals surface area contributed by atoms with Gasteiger partial charge in [0.05, 0.1) is 10.8 Å². The summed E-state index contributed by atoms with van der Waals surface area (Å²) in [6.07, 6.45) is 2.30. The number of ketones is 1. The van der Waals surface area contributed by atoms with E-state index in [-0.39, 0.29) is 54.5 Å². The zero-order valence-electron chi connectivity index (χ0n) is 23.9. The Hall–Kier alpha value is -3.22. The third kappa shape index (κ3) is 7.99. The average molecular weight is 605 g/mol. The number of carbonyl (C=O) groups excluding carboxylic acids is 3. The monoisotopic (exact) mass is 604 g/mol. The number of benzene rings is 2. The normalized spacial score (nSPS) is 20.5. The van der Waals surface area contributed by atoms with E-state index >= 15 is 0 Å². The van der Waals surface area contributed by atoms with Crippen molar-refractivity contribution in [3.05, 3.63) is 65.2 Å². The van der Waals surface area contributed by atoms with Gasteiger partial charge < -0.3 is 15.5 Å². The Morgan fingerprint density at radius 3 is 2.43 bits per heavy atom. The van der Waals surface area contributed by atoms with Gasteiger partial charge in [0.2, 0.25) is 21.8 Å². The molecule has 0 radical (unpaired) electrons. The van der Waals surface area contributed by atoms with Crippen molar-refractivity contribution in [3.63, 3.8) is 0 Å². The molecule has 0 saturated carbocycles. The summed E-state index contributed by atoms with van der Waals surface area (Å²) in [6, 6.07) is 8.06. The number of unbranched alkanes of at least 4 members (excludes halogenated alkanes) is 1. The summed E-state index contributed by atoms with van der Waals surface area (Å²) in [5, 5.41) is 6.29. The number of hydrogen-bond donors (Lipinski definition) is 2. The Morgan fingerprint density at radius 1 is 1.10 bits per heavy atom. The summed E-state index contributed by atoms with van der Waals surface area (Å²) in [5.41, 5.74) is 0.771. The van der Waals surface area contributed by atoms with Crippen LogP contribution in [0, 0.1) is 17.6 Å². The van der Waals surface area contributed by atoms with E-state index in [4.69, 9.17) is 0 Å². The molecule has 3 atom stereocenters. The second-order valence-electron chi connectivity index (χ2n) is 11.1. The van der Waals surface area contributed by atoms with Crippen molar-refractivity contribution in [2.24, 2.45) is 5.92 Å². The molecule has 2 aromatic carbocycles.